The van der Waals surface area contributed by atoms with E-state index in [2.05, 4.69) is 31.1 Å². The molecule has 0 bridgehead atoms. The SMILES string of the molecule is C#Cc1cccc2cccc(-c3ncc4c(N5CCNCC5)ncnc4c3F)c12. The molecule has 0 amide bonds. The Morgan fingerprint density at radius 2 is 1.83 bits per heavy atom. The van der Waals surface area contributed by atoms with Crippen LogP contribution in [0.2, 0.25) is 0 Å². The third-order valence-corrected chi connectivity index (χ3v) is 5.33. The Kier molecular flexibility index (Phi) is 4.30. The van der Waals surface area contributed by atoms with Crippen molar-refractivity contribution in [1.29, 1.82) is 0 Å². The minimum atomic E-state index is -0.458. The summed E-state index contributed by atoms with van der Waals surface area (Å²) >= 11 is 0. The van der Waals surface area contributed by atoms with Crippen LogP contribution in [-0.4, -0.2) is 41.1 Å². The number of terminal acetylenes is 1. The van der Waals surface area contributed by atoms with Crippen molar-refractivity contribution in [3.05, 3.63) is 60.3 Å². The van der Waals surface area contributed by atoms with Crippen molar-refractivity contribution in [1.82, 2.24) is 20.3 Å². The Labute approximate surface area is 167 Å². The third kappa shape index (κ3) is 2.87. The molecule has 2 aromatic heterocycles. The van der Waals surface area contributed by atoms with E-state index in [1.807, 2.05) is 36.4 Å². The van der Waals surface area contributed by atoms with Crippen LogP contribution in [-0.2, 0) is 0 Å². The van der Waals surface area contributed by atoms with Crippen LogP contribution in [0.15, 0.2) is 48.9 Å². The molecule has 1 fully saturated rings. The molecule has 0 radical (unpaired) electrons. The van der Waals surface area contributed by atoms with Crippen LogP contribution >= 0.6 is 0 Å². The number of fused-ring (bicyclic) bond motifs is 2. The van der Waals surface area contributed by atoms with Crippen molar-refractivity contribution >= 4 is 27.5 Å². The van der Waals surface area contributed by atoms with E-state index in [1.54, 1.807) is 6.20 Å². The number of aromatic nitrogens is 3. The van der Waals surface area contributed by atoms with Crippen molar-refractivity contribution in [2.24, 2.45) is 0 Å². The summed E-state index contributed by atoms with van der Waals surface area (Å²) in [5.74, 6) is 2.96. The summed E-state index contributed by atoms with van der Waals surface area (Å²) in [5.41, 5.74) is 1.89. The molecule has 3 heterocycles. The van der Waals surface area contributed by atoms with Gasteiger partial charge >= 0.3 is 0 Å². The van der Waals surface area contributed by atoms with Gasteiger partial charge in [0.15, 0.2) is 5.82 Å². The van der Waals surface area contributed by atoms with Gasteiger partial charge in [-0.1, -0.05) is 36.3 Å². The van der Waals surface area contributed by atoms with Gasteiger partial charge in [-0.2, -0.15) is 0 Å². The lowest BCUT2D eigenvalue weighted by Gasteiger charge is -2.29. The smallest absolute Gasteiger partial charge is 0.175 e. The third-order valence-electron chi connectivity index (χ3n) is 5.33. The van der Waals surface area contributed by atoms with Gasteiger partial charge in [0.05, 0.1) is 5.39 Å². The monoisotopic (exact) mass is 383 g/mol. The fourth-order valence-electron chi connectivity index (χ4n) is 3.95. The Morgan fingerprint density at radius 3 is 2.62 bits per heavy atom. The summed E-state index contributed by atoms with van der Waals surface area (Å²) in [5, 5.41) is 5.70. The molecule has 0 saturated carbocycles. The second kappa shape index (κ2) is 7.12. The van der Waals surface area contributed by atoms with Gasteiger partial charge in [-0.3, -0.25) is 4.98 Å². The van der Waals surface area contributed by atoms with Crippen LogP contribution in [0.3, 0.4) is 0 Å². The van der Waals surface area contributed by atoms with Crippen molar-refractivity contribution in [2.45, 2.75) is 0 Å². The molecule has 5 nitrogen and oxygen atoms in total. The average molecular weight is 383 g/mol. The first-order valence-corrected chi connectivity index (χ1v) is 9.51. The molecule has 2 aromatic carbocycles. The van der Waals surface area contributed by atoms with E-state index in [0.29, 0.717) is 16.5 Å². The van der Waals surface area contributed by atoms with Crippen molar-refractivity contribution in [2.75, 3.05) is 31.1 Å². The van der Waals surface area contributed by atoms with E-state index < -0.39 is 5.82 Å². The van der Waals surface area contributed by atoms with Gasteiger partial charge in [-0.15, -0.1) is 6.42 Å². The highest BCUT2D eigenvalue weighted by molar-refractivity contribution is 6.01. The minimum absolute atomic E-state index is 0.246. The van der Waals surface area contributed by atoms with E-state index in [4.69, 9.17) is 6.42 Å². The number of benzene rings is 2. The predicted molar refractivity (Wildman–Crippen MR) is 113 cm³/mol. The topological polar surface area (TPSA) is 53.9 Å². The first-order chi connectivity index (χ1) is 14.3. The molecule has 6 heteroatoms. The Morgan fingerprint density at radius 1 is 1.03 bits per heavy atom. The number of halogens is 1. The first-order valence-electron chi connectivity index (χ1n) is 9.51. The van der Waals surface area contributed by atoms with Crippen molar-refractivity contribution < 1.29 is 4.39 Å². The van der Waals surface area contributed by atoms with Crippen LogP contribution in [0, 0.1) is 18.2 Å². The number of anilines is 1. The number of hydrogen-bond donors (Lipinski definition) is 1. The molecule has 1 aliphatic heterocycles. The van der Waals surface area contributed by atoms with Gasteiger partial charge in [-0.05, 0) is 11.5 Å². The molecular weight excluding hydrogens is 365 g/mol. The fraction of sp³-hybridized carbons (Fsp3) is 0.174. The predicted octanol–water partition coefficient (Wildman–Crippen LogP) is 3.38. The summed E-state index contributed by atoms with van der Waals surface area (Å²) in [6, 6.07) is 11.4. The van der Waals surface area contributed by atoms with Gasteiger partial charge in [0.25, 0.3) is 0 Å². The number of rotatable bonds is 2. The van der Waals surface area contributed by atoms with Gasteiger partial charge in [-0.25, -0.2) is 14.4 Å². The summed E-state index contributed by atoms with van der Waals surface area (Å²) in [6.07, 6.45) is 8.79. The molecule has 0 spiro atoms. The van der Waals surface area contributed by atoms with Crippen molar-refractivity contribution in [3.8, 4) is 23.6 Å². The molecule has 0 unspecified atom stereocenters. The number of nitrogens with one attached hydrogen (secondary N) is 1. The highest BCUT2D eigenvalue weighted by atomic mass is 19.1. The standard InChI is InChI=1S/C23H18FN5/c1-2-15-5-3-6-16-7-4-8-17(19(15)16)21-20(24)22-18(13-26-21)23(28-14-27-22)29-11-9-25-10-12-29/h1,3-8,13-14,25H,9-12H2. The molecule has 4 aromatic rings. The molecular formula is C23H18FN5. The second-order valence-electron chi connectivity index (χ2n) is 6.97. The van der Waals surface area contributed by atoms with Crippen LogP contribution in [0.25, 0.3) is 32.9 Å². The quantitative estimate of drug-likeness (QED) is 0.538. The van der Waals surface area contributed by atoms with E-state index >= 15 is 4.39 Å². The van der Waals surface area contributed by atoms with Crippen LogP contribution in [0.5, 0.6) is 0 Å². The Bertz CT molecular complexity index is 1270. The number of piperazine rings is 1. The molecule has 1 aliphatic rings. The molecule has 0 atom stereocenters. The lowest BCUT2D eigenvalue weighted by molar-refractivity contribution is 0.585. The maximum Gasteiger partial charge on any atom is 0.175 e. The highest BCUT2D eigenvalue weighted by Crippen LogP contribution is 2.34. The van der Waals surface area contributed by atoms with Crippen LogP contribution in [0.4, 0.5) is 10.2 Å². The largest absolute Gasteiger partial charge is 0.353 e. The zero-order valence-electron chi connectivity index (χ0n) is 15.7. The minimum Gasteiger partial charge on any atom is -0.353 e. The Hall–Kier alpha value is -3.56. The summed E-state index contributed by atoms with van der Waals surface area (Å²) in [7, 11) is 0. The van der Waals surface area contributed by atoms with E-state index in [1.165, 1.54) is 6.33 Å². The number of pyridine rings is 1. The second-order valence-corrected chi connectivity index (χ2v) is 6.97. The Balaban J connectivity index is 1.73. The summed E-state index contributed by atoms with van der Waals surface area (Å²) in [6.45, 7) is 3.35. The summed E-state index contributed by atoms with van der Waals surface area (Å²) in [4.78, 5) is 15.3. The van der Waals surface area contributed by atoms with E-state index in [9.17, 15) is 0 Å². The fourth-order valence-corrected chi connectivity index (χ4v) is 3.95. The van der Waals surface area contributed by atoms with Crippen LogP contribution in [0.1, 0.15) is 5.56 Å². The average Bonchev–Trinajstić information content (AvgIpc) is 2.79. The van der Waals surface area contributed by atoms with Gasteiger partial charge in [0.2, 0.25) is 0 Å². The molecule has 1 saturated heterocycles. The zero-order valence-corrected chi connectivity index (χ0v) is 15.7. The first kappa shape index (κ1) is 17.5. The van der Waals surface area contributed by atoms with Gasteiger partial charge < -0.3 is 10.2 Å². The normalized spacial score (nSPS) is 14.3. The highest BCUT2D eigenvalue weighted by Gasteiger charge is 2.20. The molecule has 142 valence electrons. The van der Waals surface area contributed by atoms with E-state index in [0.717, 1.165) is 42.8 Å². The van der Waals surface area contributed by atoms with Gasteiger partial charge in [0.1, 0.15) is 23.4 Å². The molecule has 1 N–H and O–H groups in total. The zero-order chi connectivity index (χ0) is 19.8. The number of nitrogens with zero attached hydrogens (tertiary/aromatic N) is 4. The lowest BCUT2D eigenvalue weighted by atomic mass is 9.97. The molecule has 5 rings (SSSR count). The van der Waals surface area contributed by atoms with E-state index in [-0.39, 0.29) is 11.2 Å². The molecule has 29 heavy (non-hydrogen) atoms. The number of hydrogen-bond acceptors (Lipinski definition) is 5. The maximum atomic E-state index is 15.6. The van der Waals surface area contributed by atoms with Gasteiger partial charge in [0, 0.05) is 48.9 Å². The molecule has 0 aliphatic carbocycles. The summed E-state index contributed by atoms with van der Waals surface area (Å²) < 4.78 is 15.6. The van der Waals surface area contributed by atoms with Crippen molar-refractivity contribution in [3.63, 3.8) is 0 Å². The lowest BCUT2D eigenvalue weighted by Crippen LogP contribution is -2.44. The maximum absolute atomic E-state index is 15.6. The van der Waals surface area contributed by atoms with Crippen LogP contribution < -0.4 is 10.2 Å².